The van der Waals surface area contributed by atoms with Gasteiger partial charge >= 0.3 is 0 Å². The van der Waals surface area contributed by atoms with Crippen molar-refractivity contribution < 1.29 is 13.9 Å². The average Bonchev–Trinajstić information content (AvgIpc) is 2.81. The molecule has 1 aromatic heterocycles. The third kappa shape index (κ3) is 3.04. The number of anilines is 1. The van der Waals surface area contributed by atoms with Gasteiger partial charge in [-0.3, -0.25) is 10.1 Å². The Kier molecular flexibility index (Phi) is 3.34. The SMILES string of the molecule is O=C(COc1ccccc1F)Nc1ncc[nH]1. The number of nitrogens with one attached hydrogen (secondary N) is 2. The van der Waals surface area contributed by atoms with Crippen LogP contribution in [0.3, 0.4) is 0 Å². The van der Waals surface area contributed by atoms with E-state index in [1.165, 1.54) is 18.3 Å². The molecule has 5 nitrogen and oxygen atoms in total. The second-order valence-corrected chi connectivity index (χ2v) is 3.21. The van der Waals surface area contributed by atoms with Crippen LogP contribution in [0, 0.1) is 5.82 Å². The van der Waals surface area contributed by atoms with Crippen molar-refractivity contribution in [3.63, 3.8) is 0 Å². The normalized spacial score (nSPS) is 9.94. The summed E-state index contributed by atoms with van der Waals surface area (Å²) in [4.78, 5) is 17.9. The van der Waals surface area contributed by atoms with Crippen LogP contribution in [-0.2, 0) is 4.79 Å². The Morgan fingerprint density at radius 1 is 1.47 bits per heavy atom. The lowest BCUT2D eigenvalue weighted by Gasteiger charge is -2.06. The van der Waals surface area contributed by atoms with E-state index in [1.54, 1.807) is 18.3 Å². The molecule has 0 saturated heterocycles. The number of rotatable bonds is 4. The lowest BCUT2D eigenvalue weighted by molar-refractivity contribution is -0.118. The van der Waals surface area contributed by atoms with Gasteiger partial charge in [0.2, 0.25) is 5.95 Å². The van der Waals surface area contributed by atoms with E-state index in [1.807, 2.05) is 0 Å². The number of aromatic amines is 1. The van der Waals surface area contributed by atoms with Crippen LogP contribution in [-0.4, -0.2) is 22.5 Å². The molecule has 1 aromatic carbocycles. The molecular weight excluding hydrogens is 225 g/mol. The average molecular weight is 235 g/mol. The smallest absolute Gasteiger partial charge is 0.264 e. The summed E-state index contributed by atoms with van der Waals surface area (Å²) < 4.78 is 18.2. The van der Waals surface area contributed by atoms with Crippen molar-refractivity contribution in [3.8, 4) is 5.75 Å². The number of carbonyl (C=O) groups is 1. The molecule has 0 fully saturated rings. The quantitative estimate of drug-likeness (QED) is 0.845. The van der Waals surface area contributed by atoms with E-state index >= 15 is 0 Å². The predicted molar refractivity (Wildman–Crippen MR) is 59.1 cm³/mol. The molecule has 17 heavy (non-hydrogen) atoms. The van der Waals surface area contributed by atoms with Gasteiger partial charge in [0.25, 0.3) is 5.91 Å². The van der Waals surface area contributed by atoms with Gasteiger partial charge in [0, 0.05) is 12.4 Å². The molecule has 0 aliphatic carbocycles. The molecule has 0 atom stereocenters. The highest BCUT2D eigenvalue weighted by Gasteiger charge is 2.07. The maximum Gasteiger partial charge on any atom is 0.264 e. The monoisotopic (exact) mass is 235 g/mol. The third-order valence-electron chi connectivity index (χ3n) is 1.95. The van der Waals surface area contributed by atoms with Crippen molar-refractivity contribution in [2.24, 2.45) is 0 Å². The van der Waals surface area contributed by atoms with Gasteiger partial charge in [0.1, 0.15) is 0 Å². The first-order valence-corrected chi connectivity index (χ1v) is 4.92. The Bertz CT molecular complexity index is 499. The second kappa shape index (κ2) is 5.11. The Balaban J connectivity index is 1.86. The largest absolute Gasteiger partial charge is 0.481 e. The van der Waals surface area contributed by atoms with Gasteiger partial charge < -0.3 is 9.72 Å². The van der Waals surface area contributed by atoms with Gasteiger partial charge in [-0.15, -0.1) is 0 Å². The van der Waals surface area contributed by atoms with E-state index in [2.05, 4.69) is 15.3 Å². The maximum atomic E-state index is 13.1. The van der Waals surface area contributed by atoms with E-state index in [-0.39, 0.29) is 12.4 Å². The Morgan fingerprint density at radius 3 is 3.00 bits per heavy atom. The number of H-pyrrole nitrogens is 1. The number of imidazole rings is 1. The van der Waals surface area contributed by atoms with Gasteiger partial charge in [0.05, 0.1) is 0 Å². The van der Waals surface area contributed by atoms with E-state index in [4.69, 9.17) is 4.74 Å². The number of benzene rings is 1. The first kappa shape index (κ1) is 11.1. The fourth-order valence-electron chi connectivity index (χ4n) is 1.21. The molecule has 1 amide bonds. The van der Waals surface area contributed by atoms with Gasteiger partial charge in [-0.2, -0.15) is 0 Å². The molecular formula is C11H10FN3O2. The van der Waals surface area contributed by atoms with Crippen LogP contribution in [0.1, 0.15) is 0 Å². The Morgan fingerprint density at radius 2 is 2.29 bits per heavy atom. The number of amides is 1. The summed E-state index contributed by atoms with van der Waals surface area (Å²) in [6, 6.07) is 5.89. The summed E-state index contributed by atoms with van der Waals surface area (Å²) in [6.07, 6.45) is 3.08. The van der Waals surface area contributed by atoms with Crippen LogP contribution >= 0.6 is 0 Å². The summed E-state index contributed by atoms with van der Waals surface area (Å²) >= 11 is 0. The van der Waals surface area contributed by atoms with Crippen LogP contribution in [0.25, 0.3) is 0 Å². The summed E-state index contributed by atoms with van der Waals surface area (Å²) in [5.74, 6) is -0.546. The highest BCUT2D eigenvalue weighted by atomic mass is 19.1. The van der Waals surface area contributed by atoms with Crippen LogP contribution in [0.5, 0.6) is 5.75 Å². The number of aromatic nitrogens is 2. The molecule has 0 aliphatic heterocycles. The molecule has 0 saturated carbocycles. The zero-order valence-corrected chi connectivity index (χ0v) is 8.81. The Hall–Kier alpha value is -2.37. The summed E-state index contributed by atoms with van der Waals surface area (Å²) in [6.45, 7) is -0.276. The highest BCUT2D eigenvalue weighted by molar-refractivity contribution is 5.90. The zero-order chi connectivity index (χ0) is 12.1. The van der Waals surface area contributed by atoms with Crippen molar-refractivity contribution in [1.82, 2.24) is 9.97 Å². The van der Waals surface area contributed by atoms with Crippen LogP contribution in [0.15, 0.2) is 36.7 Å². The van der Waals surface area contributed by atoms with E-state index in [9.17, 15) is 9.18 Å². The molecule has 2 rings (SSSR count). The number of nitrogens with zero attached hydrogens (tertiary/aromatic N) is 1. The van der Waals surface area contributed by atoms with Crippen molar-refractivity contribution in [1.29, 1.82) is 0 Å². The van der Waals surface area contributed by atoms with Gasteiger partial charge in [-0.1, -0.05) is 12.1 Å². The predicted octanol–water partition coefficient (Wildman–Crippen LogP) is 1.57. The number of hydrogen-bond acceptors (Lipinski definition) is 3. The summed E-state index contributed by atoms with van der Waals surface area (Å²) in [5, 5.41) is 2.46. The molecule has 0 radical (unpaired) electrons. The van der Waals surface area contributed by atoms with Gasteiger partial charge in [0.15, 0.2) is 18.2 Å². The molecule has 0 aliphatic rings. The second-order valence-electron chi connectivity index (χ2n) is 3.21. The molecule has 0 bridgehead atoms. The third-order valence-corrected chi connectivity index (χ3v) is 1.95. The number of carbonyl (C=O) groups excluding carboxylic acids is 1. The van der Waals surface area contributed by atoms with E-state index < -0.39 is 11.7 Å². The van der Waals surface area contributed by atoms with Crippen LogP contribution < -0.4 is 10.1 Å². The first-order chi connectivity index (χ1) is 8.25. The van der Waals surface area contributed by atoms with Crippen LogP contribution in [0.2, 0.25) is 0 Å². The standard InChI is InChI=1S/C11H10FN3O2/c12-8-3-1-2-4-9(8)17-7-10(16)15-11-13-5-6-14-11/h1-6H,7H2,(H2,13,14,15,16). The minimum Gasteiger partial charge on any atom is -0.481 e. The fourth-order valence-corrected chi connectivity index (χ4v) is 1.21. The lowest BCUT2D eigenvalue weighted by atomic mass is 10.3. The summed E-state index contributed by atoms with van der Waals surface area (Å²) in [5.41, 5.74) is 0. The molecule has 6 heteroatoms. The number of halogens is 1. The molecule has 1 heterocycles. The number of hydrogen-bond donors (Lipinski definition) is 2. The molecule has 88 valence electrons. The Labute approximate surface area is 96.6 Å². The molecule has 2 N–H and O–H groups in total. The zero-order valence-electron chi connectivity index (χ0n) is 8.81. The van der Waals surface area contributed by atoms with Crippen LogP contribution in [0.4, 0.5) is 10.3 Å². The van der Waals surface area contributed by atoms with Crippen molar-refractivity contribution in [2.45, 2.75) is 0 Å². The first-order valence-electron chi connectivity index (χ1n) is 4.92. The molecule has 0 unspecified atom stereocenters. The van der Waals surface area contributed by atoms with Crippen molar-refractivity contribution >= 4 is 11.9 Å². The number of ether oxygens (including phenoxy) is 1. The van der Waals surface area contributed by atoms with Crippen molar-refractivity contribution in [3.05, 3.63) is 42.5 Å². The van der Waals surface area contributed by atoms with E-state index in [0.717, 1.165) is 0 Å². The highest BCUT2D eigenvalue weighted by Crippen LogP contribution is 2.14. The fraction of sp³-hybridized carbons (Fsp3) is 0.0909. The molecule has 2 aromatic rings. The topological polar surface area (TPSA) is 67.0 Å². The van der Waals surface area contributed by atoms with Gasteiger partial charge in [-0.05, 0) is 12.1 Å². The number of para-hydroxylation sites is 1. The summed E-state index contributed by atoms with van der Waals surface area (Å²) in [7, 11) is 0. The lowest BCUT2D eigenvalue weighted by Crippen LogP contribution is -2.21. The van der Waals surface area contributed by atoms with E-state index in [0.29, 0.717) is 5.95 Å². The molecule has 0 spiro atoms. The van der Waals surface area contributed by atoms with Crippen molar-refractivity contribution in [2.75, 3.05) is 11.9 Å². The minimum atomic E-state index is -0.502. The maximum absolute atomic E-state index is 13.1. The minimum absolute atomic E-state index is 0.0436. The van der Waals surface area contributed by atoms with Gasteiger partial charge in [-0.25, -0.2) is 9.37 Å².